The van der Waals surface area contributed by atoms with Gasteiger partial charge < -0.3 is 9.67 Å². The summed E-state index contributed by atoms with van der Waals surface area (Å²) in [5.74, 6) is 0.733. The van der Waals surface area contributed by atoms with Gasteiger partial charge in [0, 0.05) is 18.9 Å². The largest absolute Gasteiger partial charge is 0.380 e. The quantitative estimate of drug-likeness (QED) is 0.913. The number of benzene rings is 1. The van der Waals surface area contributed by atoms with Gasteiger partial charge in [0.25, 0.3) is 0 Å². The van der Waals surface area contributed by atoms with Crippen molar-refractivity contribution in [1.29, 1.82) is 0 Å². The van der Waals surface area contributed by atoms with Crippen LogP contribution in [0.3, 0.4) is 0 Å². The Balaban J connectivity index is 2.44. The minimum Gasteiger partial charge on any atom is -0.380 e. The van der Waals surface area contributed by atoms with Crippen LogP contribution in [0.5, 0.6) is 0 Å². The molecule has 0 bridgehead atoms. The van der Waals surface area contributed by atoms with Crippen molar-refractivity contribution >= 4 is 0 Å². The zero-order valence-corrected chi connectivity index (χ0v) is 12.1. The van der Waals surface area contributed by atoms with Gasteiger partial charge in [-0.05, 0) is 43.9 Å². The molecule has 0 amide bonds. The second-order valence-corrected chi connectivity index (χ2v) is 5.19. The number of rotatable bonds is 4. The van der Waals surface area contributed by atoms with E-state index in [0.29, 0.717) is 0 Å². The number of aryl methyl sites for hydroxylation is 4. The highest BCUT2D eigenvalue weighted by atomic mass is 16.3. The molecule has 3 nitrogen and oxygen atoms in total. The van der Waals surface area contributed by atoms with Crippen molar-refractivity contribution in [3.05, 3.63) is 52.6 Å². The lowest BCUT2D eigenvalue weighted by Gasteiger charge is -2.18. The molecule has 2 aromatic rings. The lowest BCUT2D eigenvalue weighted by Crippen LogP contribution is -2.12. The summed E-state index contributed by atoms with van der Waals surface area (Å²) in [6.45, 7) is 9.18. The maximum atomic E-state index is 10.7. The van der Waals surface area contributed by atoms with Crippen molar-refractivity contribution in [2.45, 2.75) is 46.8 Å². The summed E-state index contributed by atoms with van der Waals surface area (Å²) in [6.07, 6.45) is 4.07. The average Bonchev–Trinajstić information content (AvgIpc) is 2.76. The summed E-state index contributed by atoms with van der Waals surface area (Å²) < 4.78 is 2.03. The van der Waals surface area contributed by atoms with Crippen LogP contribution in [-0.4, -0.2) is 14.7 Å². The van der Waals surface area contributed by atoms with Crippen LogP contribution in [0.25, 0.3) is 0 Å². The van der Waals surface area contributed by atoms with E-state index in [0.717, 1.165) is 35.5 Å². The van der Waals surface area contributed by atoms with Gasteiger partial charge in [-0.2, -0.15) is 0 Å². The predicted octanol–water partition coefficient (Wildman–Crippen LogP) is 3.30. The molecule has 0 aliphatic carbocycles. The van der Waals surface area contributed by atoms with E-state index in [1.807, 2.05) is 24.6 Å². The van der Waals surface area contributed by atoms with Crippen molar-refractivity contribution in [1.82, 2.24) is 9.55 Å². The van der Waals surface area contributed by atoms with Crippen LogP contribution in [0.15, 0.2) is 24.5 Å². The van der Waals surface area contributed by atoms with Gasteiger partial charge in [0.2, 0.25) is 0 Å². The fourth-order valence-electron chi connectivity index (χ4n) is 2.75. The van der Waals surface area contributed by atoms with Gasteiger partial charge >= 0.3 is 0 Å². The van der Waals surface area contributed by atoms with Gasteiger partial charge in [0.1, 0.15) is 11.9 Å². The fraction of sp³-hybridized carbons (Fsp3) is 0.438. The Hall–Kier alpha value is -1.61. The molecule has 1 aromatic carbocycles. The zero-order chi connectivity index (χ0) is 14.0. The van der Waals surface area contributed by atoms with Gasteiger partial charge in [0.05, 0.1) is 0 Å². The molecule has 1 aromatic heterocycles. The van der Waals surface area contributed by atoms with E-state index in [-0.39, 0.29) is 0 Å². The van der Waals surface area contributed by atoms with Crippen LogP contribution >= 0.6 is 0 Å². The van der Waals surface area contributed by atoms with E-state index in [9.17, 15) is 5.11 Å². The van der Waals surface area contributed by atoms with Crippen molar-refractivity contribution in [2.75, 3.05) is 0 Å². The highest BCUT2D eigenvalue weighted by molar-refractivity contribution is 5.41. The molecule has 0 aliphatic heterocycles. The lowest BCUT2D eigenvalue weighted by atomic mass is 9.95. The van der Waals surface area contributed by atoms with E-state index < -0.39 is 6.10 Å². The molecule has 0 saturated carbocycles. The van der Waals surface area contributed by atoms with E-state index in [1.54, 1.807) is 6.20 Å². The Morgan fingerprint density at radius 1 is 1.21 bits per heavy atom. The van der Waals surface area contributed by atoms with Crippen LogP contribution in [0.2, 0.25) is 0 Å². The number of hydrogen-bond donors (Lipinski definition) is 1. The van der Waals surface area contributed by atoms with Gasteiger partial charge in [0.15, 0.2) is 0 Å². The molecule has 1 heterocycles. The SMILES string of the molecule is CCCn1ccnc1C(O)c1c(C)cc(C)cc1C. The number of aliphatic hydroxyl groups excluding tert-OH is 1. The number of aromatic nitrogens is 2. The van der Waals surface area contributed by atoms with Crippen molar-refractivity contribution in [3.63, 3.8) is 0 Å². The first kappa shape index (κ1) is 13.8. The Morgan fingerprint density at radius 3 is 2.42 bits per heavy atom. The Labute approximate surface area is 114 Å². The third kappa shape index (κ3) is 2.71. The lowest BCUT2D eigenvalue weighted by molar-refractivity contribution is 0.203. The minimum absolute atomic E-state index is 0.651. The molecule has 0 spiro atoms. The Bertz CT molecular complexity index is 549. The van der Waals surface area contributed by atoms with Crippen LogP contribution in [-0.2, 0) is 6.54 Å². The normalized spacial score (nSPS) is 12.7. The maximum absolute atomic E-state index is 10.7. The molecule has 19 heavy (non-hydrogen) atoms. The molecule has 1 atom stereocenters. The molecule has 0 radical (unpaired) electrons. The summed E-state index contributed by atoms with van der Waals surface area (Å²) in [6, 6.07) is 4.22. The van der Waals surface area contributed by atoms with Crippen LogP contribution in [0, 0.1) is 20.8 Å². The van der Waals surface area contributed by atoms with Crippen LogP contribution in [0.1, 0.15) is 47.5 Å². The third-order valence-corrected chi connectivity index (χ3v) is 3.47. The summed E-state index contributed by atoms with van der Waals surface area (Å²) in [4.78, 5) is 4.33. The molecular formula is C16H22N2O. The maximum Gasteiger partial charge on any atom is 0.142 e. The monoisotopic (exact) mass is 258 g/mol. The van der Waals surface area contributed by atoms with Crippen molar-refractivity contribution < 1.29 is 5.11 Å². The number of aliphatic hydroxyl groups is 1. The topological polar surface area (TPSA) is 38.0 Å². The third-order valence-electron chi connectivity index (χ3n) is 3.47. The van der Waals surface area contributed by atoms with E-state index in [1.165, 1.54) is 5.56 Å². The first-order chi connectivity index (χ1) is 9.04. The van der Waals surface area contributed by atoms with Gasteiger partial charge in [-0.3, -0.25) is 0 Å². The summed E-state index contributed by atoms with van der Waals surface area (Å²) >= 11 is 0. The minimum atomic E-state index is -0.651. The van der Waals surface area contributed by atoms with E-state index >= 15 is 0 Å². The predicted molar refractivity (Wildman–Crippen MR) is 77.2 cm³/mol. The molecule has 3 heteroatoms. The molecule has 2 rings (SSSR count). The molecular weight excluding hydrogens is 236 g/mol. The van der Waals surface area contributed by atoms with Crippen molar-refractivity contribution in [3.8, 4) is 0 Å². The molecule has 0 saturated heterocycles. The molecule has 0 fully saturated rings. The van der Waals surface area contributed by atoms with Gasteiger partial charge in [-0.15, -0.1) is 0 Å². The fourth-order valence-corrected chi connectivity index (χ4v) is 2.75. The smallest absolute Gasteiger partial charge is 0.142 e. The van der Waals surface area contributed by atoms with Gasteiger partial charge in [-0.1, -0.05) is 24.6 Å². The average molecular weight is 258 g/mol. The highest BCUT2D eigenvalue weighted by Gasteiger charge is 2.20. The second-order valence-electron chi connectivity index (χ2n) is 5.19. The Morgan fingerprint density at radius 2 is 1.84 bits per heavy atom. The van der Waals surface area contributed by atoms with Gasteiger partial charge in [-0.25, -0.2) is 4.98 Å². The zero-order valence-electron chi connectivity index (χ0n) is 12.1. The first-order valence-corrected chi connectivity index (χ1v) is 6.81. The molecule has 0 aliphatic rings. The highest BCUT2D eigenvalue weighted by Crippen LogP contribution is 2.28. The molecule has 1 N–H and O–H groups in total. The standard InChI is InChI=1S/C16H22N2O/c1-5-7-18-8-6-17-16(18)15(19)14-12(3)9-11(2)10-13(14)4/h6,8-10,15,19H,5,7H2,1-4H3. The molecule has 1 unspecified atom stereocenters. The van der Waals surface area contributed by atoms with Crippen LogP contribution in [0.4, 0.5) is 0 Å². The summed E-state index contributed by atoms with van der Waals surface area (Å²) in [7, 11) is 0. The van der Waals surface area contributed by atoms with E-state index in [4.69, 9.17) is 0 Å². The van der Waals surface area contributed by atoms with E-state index in [2.05, 4.69) is 31.0 Å². The molecule has 102 valence electrons. The number of hydrogen-bond acceptors (Lipinski definition) is 2. The van der Waals surface area contributed by atoms with Crippen LogP contribution < -0.4 is 0 Å². The number of nitrogens with zero attached hydrogens (tertiary/aromatic N) is 2. The second kappa shape index (κ2) is 5.57. The van der Waals surface area contributed by atoms with Crippen molar-refractivity contribution in [2.24, 2.45) is 0 Å². The summed E-state index contributed by atoms with van der Waals surface area (Å²) in [5, 5.41) is 10.7. The first-order valence-electron chi connectivity index (χ1n) is 6.81. The summed E-state index contributed by atoms with van der Waals surface area (Å²) in [5.41, 5.74) is 4.45. The number of imidazole rings is 1. The Kier molecular flexibility index (Phi) is 4.05.